The predicted molar refractivity (Wildman–Crippen MR) is 109 cm³/mol. The SMILES string of the molecule is CC1OC(C)(C)N(C(=O)O)C1C(=O)N1C(C)CCC12CN(CC(=O)N1CCCC1)C2=O. The van der Waals surface area contributed by atoms with Gasteiger partial charge in [-0.3, -0.25) is 19.3 Å². The molecule has 172 valence electrons. The lowest BCUT2D eigenvalue weighted by Gasteiger charge is -2.52. The number of likely N-dealkylation sites (tertiary alicyclic amines) is 3. The molecule has 4 amide bonds. The topological polar surface area (TPSA) is 111 Å². The summed E-state index contributed by atoms with van der Waals surface area (Å²) in [7, 11) is 0. The van der Waals surface area contributed by atoms with Gasteiger partial charge < -0.3 is 24.5 Å². The molecular formula is C21H32N4O6. The molecule has 1 N–H and O–H groups in total. The summed E-state index contributed by atoms with van der Waals surface area (Å²) in [4.78, 5) is 57.2. The minimum absolute atomic E-state index is 0.0359. The van der Waals surface area contributed by atoms with Crippen LogP contribution in [-0.2, 0) is 19.1 Å². The van der Waals surface area contributed by atoms with E-state index in [1.807, 2.05) is 6.92 Å². The van der Waals surface area contributed by atoms with Crippen LogP contribution in [0.5, 0.6) is 0 Å². The molecule has 4 atom stereocenters. The number of ether oxygens (including phenoxy) is 1. The van der Waals surface area contributed by atoms with Crippen LogP contribution in [-0.4, -0.2) is 104 Å². The van der Waals surface area contributed by atoms with Crippen LogP contribution in [0.4, 0.5) is 4.79 Å². The summed E-state index contributed by atoms with van der Waals surface area (Å²) in [6.45, 7) is 8.61. The highest BCUT2D eigenvalue weighted by Gasteiger charge is 2.64. The van der Waals surface area contributed by atoms with Crippen molar-refractivity contribution in [3.8, 4) is 0 Å². The first-order valence-corrected chi connectivity index (χ1v) is 11.1. The second-order valence-electron chi connectivity index (χ2n) is 9.74. The number of nitrogens with zero attached hydrogens (tertiary/aromatic N) is 4. The van der Waals surface area contributed by atoms with Crippen molar-refractivity contribution in [1.82, 2.24) is 19.6 Å². The summed E-state index contributed by atoms with van der Waals surface area (Å²) in [5, 5.41) is 9.75. The van der Waals surface area contributed by atoms with E-state index < -0.39 is 35.4 Å². The predicted octanol–water partition coefficient (Wildman–Crippen LogP) is 0.704. The summed E-state index contributed by atoms with van der Waals surface area (Å²) in [5.41, 5.74) is -2.13. The number of carbonyl (C=O) groups excluding carboxylic acids is 3. The van der Waals surface area contributed by atoms with Crippen LogP contribution in [0.3, 0.4) is 0 Å². The Morgan fingerprint density at radius 3 is 2.35 bits per heavy atom. The quantitative estimate of drug-likeness (QED) is 0.652. The molecule has 4 rings (SSSR count). The molecule has 4 aliphatic rings. The highest BCUT2D eigenvalue weighted by atomic mass is 16.6. The average molecular weight is 437 g/mol. The summed E-state index contributed by atoms with van der Waals surface area (Å²) in [5.74, 6) is -0.670. The third-order valence-corrected chi connectivity index (χ3v) is 7.27. The van der Waals surface area contributed by atoms with Crippen molar-refractivity contribution < 1.29 is 29.0 Å². The van der Waals surface area contributed by atoms with Gasteiger partial charge in [-0.25, -0.2) is 4.79 Å². The third kappa shape index (κ3) is 3.26. The van der Waals surface area contributed by atoms with E-state index in [0.717, 1.165) is 30.8 Å². The fourth-order valence-electron chi connectivity index (χ4n) is 5.85. The molecule has 0 aromatic carbocycles. The van der Waals surface area contributed by atoms with Crippen LogP contribution in [0.25, 0.3) is 0 Å². The summed E-state index contributed by atoms with van der Waals surface area (Å²) in [6, 6.07) is -1.21. The molecule has 0 bridgehead atoms. The smallest absolute Gasteiger partial charge is 0.410 e. The first kappa shape index (κ1) is 21.9. The molecule has 4 unspecified atom stereocenters. The Hall–Kier alpha value is -2.36. The van der Waals surface area contributed by atoms with E-state index in [9.17, 15) is 24.3 Å². The molecule has 10 heteroatoms. The van der Waals surface area contributed by atoms with Crippen molar-refractivity contribution in [2.24, 2.45) is 0 Å². The molecule has 0 saturated carbocycles. The Bertz CT molecular complexity index is 810. The van der Waals surface area contributed by atoms with Crippen LogP contribution >= 0.6 is 0 Å². The number of rotatable bonds is 3. The fraction of sp³-hybridized carbons (Fsp3) is 0.810. The molecule has 4 saturated heterocycles. The van der Waals surface area contributed by atoms with E-state index in [1.54, 1.807) is 30.6 Å². The number of carboxylic acid groups (broad SMARTS) is 1. The minimum Gasteiger partial charge on any atom is -0.465 e. The Kier molecular flexibility index (Phi) is 5.19. The highest BCUT2D eigenvalue weighted by molar-refractivity contribution is 6.01. The molecule has 1 spiro atoms. The van der Waals surface area contributed by atoms with E-state index in [4.69, 9.17) is 4.74 Å². The molecule has 0 radical (unpaired) electrons. The second kappa shape index (κ2) is 7.36. The van der Waals surface area contributed by atoms with Crippen molar-refractivity contribution in [1.29, 1.82) is 0 Å². The standard InChI is InChI=1S/C21H32N4O6/c1-13-7-8-21(12-23(18(21)28)11-15(26)22-9-5-6-10-22)24(13)17(27)16-14(2)31-20(3,4)25(16)19(29)30/h13-14,16H,5-12H2,1-4H3,(H,29,30). The molecule has 4 fully saturated rings. The third-order valence-electron chi connectivity index (χ3n) is 7.27. The Balaban J connectivity index is 1.53. The molecule has 0 aromatic heterocycles. The van der Waals surface area contributed by atoms with Crippen molar-refractivity contribution in [2.45, 2.75) is 82.8 Å². The van der Waals surface area contributed by atoms with E-state index in [1.165, 1.54) is 4.90 Å². The number of hydrogen-bond donors (Lipinski definition) is 1. The molecule has 4 heterocycles. The van der Waals surface area contributed by atoms with Crippen molar-refractivity contribution in [2.75, 3.05) is 26.2 Å². The molecular weight excluding hydrogens is 404 g/mol. The maximum absolute atomic E-state index is 13.7. The van der Waals surface area contributed by atoms with Gasteiger partial charge in [-0.05, 0) is 53.4 Å². The Labute approximate surface area is 182 Å². The van der Waals surface area contributed by atoms with Crippen LogP contribution in [0.15, 0.2) is 0 Å². The number of carbonyl (C=O) groups is 4. The van der Waals surface area contributed by atoms with Crippen molar-refractivity contribution in [3.63, 3.8) is 0 Å². The monoisotopic (exact) mass is 436 g/mol. The van der Waals surface area contributed by atoms with Crippen molar-refractivity contribution >= 4 is 23.8 Å². The molecule has 31 heavy (non-hydrogen) atoms. The van der Waals surface area contributed by atoms with E-state index in [2.05, 4.69) is 0 Å². The zero-order chi connectivity index (χ0) is 22.7. The lowest BCUT2D eigenvalue weighted by molar-refractivity contribution is -0.173. The Morgan fingerprint density at radius 1 is 1.13 bits per heavy atom. The van der Waals surface area contributed by atoms with Crippen LogP contribution < -0.4 is 0 Å². The van der Waals surface area contributed by atoms with Gasteiger partial charge >= 0.3 is 6.09 Å². The van der Waals surface area contributed by atoms with Crippen LogP contribution in [0, 0.1) is 0 Å². The van der Waals surface area contributed by atoms with Gasteiger partial charge in [0, 0.05) is 19.1 Å². The first-order chi connectivity index (χ1) is 14.5. The molecule has 10 nitrogen and oxygen atoms in total. The Morgan fingerprint density at radius 2 is 1.77 bits per heavy atom. The second-order valence-corrected chi connectivity index (χ2v) is 9.74. The average Bonchev–Trinajstić information content (AvgIpc) is 3.38. The zero-order valence-corrected chi connectivity index (χ0v) is 18.7. The van der Waals surface area contributed by atoms with Gasteiger partial charge in [0.25, 0.3) is 5.91 Å². The van der Waals surface area contributed by atoms with Gasteiger partial charge in [-0.15, -0.1) is 0 Å². The maximum atomic E-state index is 13.7. The van der Waals surface area contributed by atoms with Gasteiger partial charge in [0.05, 0.1) is 19.2 Å². The summed E-state index contributed by atoms with van der Waals surface area (Å²) >= 11 is 0. The fourth-order valence-corrected chi connectivity index (χ4v) is 5.85. The first-order valence-electron chi connectivity index (χ1n) is 11.1. The number of β-lactam (4-membered cyclic amide) rings is 1. The van der Waals surface area contributed by atoms with Gasteiger partial charge in [0.1, 0.15) is 17.3 Å². The summed E-state index contributed by atoms with van der Waals surface area (Å²) in [6.07, 6.45) is 1.29. The van der Waals surface area contributed by atoms with Gasteiger partial charge in [-0.1, -0.05) is 0 Å². The van der Waals surface area contributed by atoms with E-state index in [0.29, 0.717) is 19.4 Å². The molecule has 0 aliphatic carbocycles. The largest absolute Gasteiger partial charge is 0.465 e. The molecule has 4 aliphatic heterocycles. The summed E-state index contributed by atoms with van der Waals surface area (Å²) < 4.78 is 5.78. The maximum Gasteiger partial charge on any atom is 0.410 e. The van der Waals surface area contributed by atoms with Gasteiger partial charge in [-0.2, -0.15) is 0 Å². The lowest BCUT2D eigenvalue weighted by Crippen LogP contribution is -2.75. The van der Waals surface area contributed by atoms with Gasteiger partial charge in [0.15, 0.2) is 0 Å². The van der Waals surface area contributed by atoms with Crippen molar-refractivity contribution in [3.05, 3.63) is 0 Å². The number of amides is 4. The van der Waals surface area contributed by atoms with E-state index >= 15 is 0 Å². The van der Waals surface area contributed by atoms with Crippen LogP contribution in [0.1, 0.15) is 53.4 Å². The lowest BCUT2D eigenvalue weighted by atomic mass is 9.85. The zero-order valence-electron chi connectivity index (χ0n) is 18.7. The van der Waals surface area contributed by atoms with E-state index in [-0.39, 0.29) is 24.4 Å². The molecule has 0 aromatic rings. The van der Waals surface area contributed by atoms with Crippen LogP contribution in [0.2, 0.25) is 0 Å². The number of hydrogen-bond acceptors (Lipinski definition) is 5. The highest BCUT2D eigenvalue weighted by Crippen LogP contribution is 2.44. The van der Waals surface area contributed by atoms with Gasteiger partial charge in [0.2, 0.25) is 11.8 Å². The normalized spacial score (nSPS) is 34.6. The minimum atomic E-state index is -1.23.